The van der Waals surface area contributed by atoms with E-state index in [2.05, 4.69) is 41.4 Å². The molecule has 0 radical (unpaired) electrons. The largest absolute Gasteiger partial charge is 0.323 e. The molecule has 124 valence electrons. The summed E-state index contributed by atoms with van der Waals surface area (Å²) in [6.07, 6.45) is 7.28. The number of rotatable bonds is 4. The number of aromatic nitrogens is 2. The van der Waals surface area contributed by atoms with Gasteiger partial charge in [0.05, 0.1) is 18.1 Å². The molecule has 6 heteroatoms. The predicted molar refractivity (Wildman–Crippen MR) is 91.4 cm³/mol. The molecule has 1 aliphatic rings. The van der Waals surface area contributed by atoms with Gasteiger partial charge in [-0.15, -0.1) is 12.4 Å². The zero-order valence-electron chi connectivity index (χ0n) is 13.7. The third-order valence-corrected chi connectivity index (χ3v) is 3.84. The Morgan fingerprint density at radius 2 is 1.86 bits per heavy atom. The van der Waals surface area contributed by atoms with Gasteiger partial charge in [-0.3, -0.25) is 4.79 Å². The molecule has 0 atom stereocenters. The molecule has 0 aliphatic carbocycles. The predicted octanol–water partition coefficient (Wildman–Crippen LogP) is 2.91. The normalized spacial score (nSPS) is 16.0. The van der Waals surface area contributed by atoms with E-state index in [9.17, 15) is 4.79 Å². The zero-order valence-corrected chi connectivity index (χ0v) is 14.5. The van der Waals surface area contributed by atoms with Crippen molar-refractivity contribution in [1.82, 2.24) is 15.3 Å². The molecule has 1 fully saturated rings. The fourth-order valence-electron chi connectivity index (χ4n) is 2.51. The third kappa shape index (κ3) is 5.89. The van der Waals surface area contributed by atoms with Crippen LogP contribution in [-0.2, 0) is 10.2 Å². The van der Waals surface area contributed by atoms with Crippen molar-refractivity contribution in [2.24, 2.45) is 5.92 Å². The summed E-state index contributed by atoms with van der Waals surface area (Å²) in [6, 6.07) is 0. The van der Waals surface area contributed by atoms with Crippen LogP contribution in [0, 0.1) is 5.92 Å². The van der Waals surface area contributed by atoms with E-state index in [1.165, 1.54) is 12.8 Å². The molecule has 0 unspecified atom stereocenters. The minimum absolute atomic E-state index is 0. The molecule has 22 heavy (non-hydrogen) atoms. The van der Waals surface area contributed by atoms with Gasteiger partial charge in [0.2, 0.25) is 5.91 Å². The standard InChI is InChI=1S/C16H26N4O.ClH/c1-16(2,3)15-18-10-13(11-19-15)20-14(21)5-4-12-6-8-17-9-7-12;/h10-12,17H,4-9H2,1-3H3,(H,20,21);1H. The number of hydrogen-bond acceptors (Lipinski definition) is 4. The fraction of sp³-hybridized carbons (Fsp3) is 0.688. The van der Waals surface area contributed by atoms with Crippen LogP contribution in [0.25, 0.3) is 0 Å². The summed E-state index contributed by atoms with van der Waals surface area (Å²) in [7, 11) is 0. The smallest absolute Gasteiger partial charge is 0.224 e. The van der Waals surface area contributed by atoms with Gasteiger partial charge in [0.25, 0.3) is 0 Å². The maximum Gasteiger partial charge on any atom is 0.224 e. The number of amides is 1. The van der Waals surface area contributed by atoms with E-state index < -0.39 is 0 Å². The molecule has 1 amide bonds. The Labute approximate surface area is 139 Å². The average molecular weight is 327 g/mol. The number of carbonyl (C=O) groups is 1. The van der Waals surface area contributed by atoms with E-state index in [1.807, 2.05) is 0 Å². The lowest BCUT2D eigenvalue weighted by atomic mass is 9.93. The van der Waals surface area contributed by atoms with Crippen LogP contribution >= 0.6 is 12.4 Å². The summed E-state index contributed by atoms with van der Waals surface area (Å²) in [5, 5.41) is 6.22. The van der Waals surface area contributed by atoms with Crippen molar-refractivity contribution in [3.8, 4) is 0 Å². The Morgan fingerprint density at radius 3 is 2.41 bits per heavy atom. The molecule has 0 aromatic carbocycles. The van der Waals surface area contributed by atoms with Crippen LogP contribution in [0.5, 0.6) is 0 Å². The molecule has 1 aliphatic heterocycles. The maximum atomic E-state index is 12.0. The van der Waals surface area contributed by atoms with E-state index >= 15 is 0 Å². The van der Waals surface area contributed by atoms with E-state index in [1.54, 1.807) is 12.4 Å². The van der Waals surface area contributed by atoms with Crippen LogP contribution in [0.4, 0.5) is 5.69 Å². The van der Waals surface area contributed by atoms with Gasteiger partial charge in [0, 0.05) is 11.8 Å². The van der Waals surface area contributed by atoms with Crippen molar-refractivity contribution in [1.29, 1.82) is 0 Å². The zero-order chi connectivity index (χ0) is 15.3. The van der Waals surface area contributed by atoms with Gasteiger partial charge in [0.15, 0.2) is 0 Å². The molecule has 1 saturated heterocycles. The SMILES string of the molecule is CC(C)(C)c1ncc(NC(=O)CCC2CCNCC2)cn1.Cl. The lowest BCUT2D eigenvalue weighted by Gasteiger charge is -2.22. The van der Waals surface area contributed by atoms with Crippen molar-refractivity contribution < 1.29 is 4.79 Å². The second-order valence-electron chi connectivity index (χ2n) is 6.83. The molecule has 2 N–H and O–H groups in total. The highest BCUT2D eigenvalue weighted by molar-refractivity contribution is 5.90. The van der Waals surface area contributed by atoms with Crippen molar-refractivity contribution in [2.45, 2.75) is 51.9 Å². The Bertz CT molecular complexity index is 464. The summed E-state index contributed by atoms with van der Waals surface area (Å²) in [5.74, 6) is 1.52. The van der Waals surface area contributed by atoms with Crippen LogP contribution in [0.3, 0.4) is 0 Å². The maximum absolute atomic E-state index is 12.0. The first-order chi connectivity index (χ1) is 9.95. The highest BCUT2D eigenvalue weighted by atomic mass is 35.5. The lowest BCUT2D eigenvalue weighted by Crippen LogP contribution is -2.28. The number of halogens is 1. The molecule has 2 heterocycles. The van der Waals surface area contributed by atoms with Gasteiger partial charge in [-0.1, -0.05) is 20.8 Å². The van der Waals surface area contributed by atoms with Crippen molar-refractivity contribution in [3.63, 3.8) is 0 Å². The second-order valence-corrected chi connectivity index (χ2v) is 6.83. The number of carbonyl (C=O) groups excluding carboxylic acids is 1. The Kier molecular flexibility index (Phi) is 7.23. The first kappa shape index (κ1) is 18.8. The van der Waals surface area contributed by atoms with Gasteiger partial charge in [-0.05, 0) is 38.3 Å². The minimum atomic E-state index is -0.0719. The first-order valence-corrected chi connectivity index (χ1v) is 7.78. The van der Waals surface area contributed by atoms with Crippen LogP contribution in [-0.4, -0.2) is 29.0 Å². The minimum Gasteiger partial charge on any atom is -0.323 e. The van der Waals surface area contributed by atoms with Gasteiger partial charge < -0.3 is 10.6 Å². The van der Waals surface area contributed by atoms with Crippen LogP contribution in [0.2, 0.25) is 0 Å². The molecule has 0 spiro atoms. The van der Waals surface area contributed by atoms with Crippen molar-refractivity contribution in [2.75, 3.05) is 18.4 Å². The first-order valence-electron chi connectivity index (χ1n) is 7.78. The number of anilines is 1. The highest BCUT2D eigenvalue weighted by Crippen LogP contribution is 2.19. The molecule has 5 nitrogen and oxygen atoms in total. The van der Waals surface area contributed by atoms with Gasteiger partial charge in [-0.25, -0.2) is 9.97 Å². The summed E-state index contributed by atoms with van der Waals surface area (Å²) in [6.45, 7) is 8.36. The summed E-state index contributed by atoms with van der Waals surface area (Å²) in [5.41, 5.74) is 0.607. The molecule has 1 aromatic rings. The van der Waals surface area contributed by atoms with E-state index in [4.69, 9.17) is 0 Å². The van der Waals surface area contributed by atoms with Gasteiger partial charge in [0.1, 0.15) is 5.82 Å². The number of nitrogens with one attached hydrogen (secondary N) is 2. The highest BCUT2D eigenvalue weighted by Gasteiger charge is 2.17. The lowest BCUT2D eigenvalue weighted by molar-refractivity contribution is -0.116. The van der Waals surface area contributed by atoms with Crippen molar-refractivity contribution in [3.05, 3.63) is 18.2 Å². The second kappa shape index (κ2) is 8.44. The topological polar surface area (TPSA) is 66.9 Å². The third-order valence-electron chi connectivity index (χ3n) is 3.84. The summed E-state index contributed by atoms with van der Waals surface area (Å²) in [4.78, 5) is 20.6. The molecule has 1 aromatic heterocycles. The van der Waals surface area contributed by atoms with Crippen LogP contribution in [0.1, 0.15) is 52.3 Å². The Hall–Kier alpha value is -1.20. The molecule has 0 saturated carbocycles. The molecular weight excluding hydrogens is 300 g/mol. The monoisotopic (exact) mass is 326 g/mol. The summed E-state index contributed by atoms with van der Waals surface area (Å²) < 4.78 is 0. The molecular formula is C16H27ClN4O. The Balaban J connectivity index is 0.00000242. The van der Waals surface area contributed by atoms with E-state index in [-0.39, 0.29) is 23.7 Å². The van der Waals surface area contributed by atoms with Gasteiger partial charge >= 0.3 is 0 Å². The molecule has 2 rings (SSSR count). The Morgan fingerprint density at radius 1 is 1.27 bits per heavy atom. The van der Waals surface area contributed by atoms with Crippen LogP contribution < -0.4 is 10.6 Å². The fourth-order valence-corrected chi connectivity index (χ4v) is 2.51. The number of nitrogens with zero attached hydrogens (tertiary/aromatic N) is 2. The van der Waals surface area contributed by atoms with Crippen LogP contribution in [0.15, 0.2) is 12.4 Å². The van der Waals surface area contributed by atoms with Crippen molar-refractivity contribution >= 4 is 24.0 Å². The van der Waals surface area contributed by atoms with E-state index in [0.29, 0.717) is 18.0 Å². The van der Waals surface area contributed by atoms with E-state index in [0.717, 1.165) is 25.3 Å². The number of hydrogen-bond donors (Lipinski definition) is 2. The van der Waals surface area contributed by atoms with Gasteiger partial charge in [-0.2, -0.15) is 0 Å². The summed E-state index contributed by atoms with van der Waals surface area (Å²) >= 11 is 0. The quantitative estimate of drug-likeness (QED) is 0.892. The average Bonchev–Trinajstić information content (AvgIpc) is 2.46. The number of piperidine rings is 1. The molecule has 0 bridgehead atoms.